The Morgan fingerprint density at radius 1 is 0.944 bits per heavy atom. The van der Waals surface area contributed by atoms with Crippen LogP contribution in [0.3, 0.4) is 0 Å². The third-order valence-corrected chi connectivity index (χ3v) is 6.55. The van der Waals surface area contributed by atoms with Crippen molar-refractivity contribution in [2.45, 2.75) is 12.3 Å². The van der Waals surface area contributed by atoms with Crippen LogP contribution in [-0.2, 0) is 6.42 Å². The lowest BCUT2D eigenvalue weighted by atomic mass is 9.94. The predicted octanol–water partition coefficient (Wildman–Crippen LogP) is 5.13. The lowest BCUT2D eigenvalue weighted by molar-refractivity contribution is 0.256. The summed E-state index contributed by atoms with van der Waals surface area (Å²) in [5, 5.41) is 18.6. The highest BCUT2D eigenvalue weighted by molar-refractivity contribution is 5.99. The summed E-state index contributed by atoms with van der Waals surface area (Å²) in [6.07, 6.45) is 4.24. The number of H-pyrrole nitrogens is 1. The van der Waals surface area contributed by atoms with Crippen LogP contribution in [0.4, 0.5) is 0 Å². The molecule has 0 amide bonds. The molecule has 0 radical (unpaired) electrons. The van der Waals surface area contributed by atoms with Gasteiger partial charge in [-0.2, -0.15) is 10.1 Å². The smallest absolute Gasteiger partial charge is 0.222 e. The molecule has 1 aliphatic rings. The molecule has 0 saturated carbocycles. The van der Waals surface area contributed by atoms with Gasteiger partial charge in [-0.1, -0.05) is 12.1 Å². The number of aromatic amines is 1. The highest BCUT2D eigenvalue weighted by Crippen LogP contribution is 2.39. The lowest BCUT2D eigenvalue weighted by Gasteiger charge is -2.25. The van der Waals surface area contributed by atoms with E-state index in [4.69, 9.17) is 19.2 Å². The molecule has 8 nitrogen and oxygen atoms in total. The van der Waals surface area contributed by atoms with Crippen molar-refractivity contribution in [1.82, 2.24) is 20.2 Å². The summed E-state index contributed by atoms with van der Waals surface area (Å²) in [6, 6.07) is 17.5. The normalized spacial score (nSPS) is 14.8. The van der Waals surface area contributed by atoms with Gasteiger partial charge in [-0.25, -0.2) is 4.98 Å². The van der Waals surface area contributed by atoms with Gasteiger partial charge >= 0.3 is 0 Å². The van der Waals surface area contributed by atoms with Crippen LogP contribution in [0.25, 0.3) is 33.2 Å². The number of nitrogens with zero attached hydrogens (tertiary/aromatic N) is 3. The predicted molar refractivity (Wildman–Crippen MR) is 136 cm³/mol. The first-order valence-corrected chi connectivity index (χ1v) is 11.6. The fourth-order valence-corrected chi connectivity index (χ4v) is 4.67. The molecule has 5 aromatic rings. The van der Waals surface area contributed by atoms with Crippen molar-refractivity contribution in [3.8, 4) is 45.4 Å². The van der Waals surface area contributed by atoms with Crippen molar-refractivity contribution in [3.05, 3.63) is 78.4 Å². The number of methoxy groups -OCH3 is 2. The molecule has 8 heteroatoms. The molecule has 2 N–H and O–H groups in total. The zero-order valence-electron chi connectivity index (χ0n) is 19.9. The van der Waals surface area contributed by atoms with Gasteiger partial charge in [-0.3, -0.25) is 5.10 Å². The number of hydrogen-bond acceptors (Lipinski definition) is 7. The number of nitrogens with one attached hydrogen (secondary N) is 1. The van der Waals surface area contributed by atoms with Crippen LogP contribution in [0.15, 0.2) is 67.0 Å². The van der Waals surface area contributed by atoms with Crippen molar-refractivity contribution in [1.29, 1.82) is 0 Å². The summed E-state index contributed by atoms with van der Waals surface area (Å²) in [4.78, 5) is 9.50. The number of fused-ring (bicyclic) bond motifs is 2. The van der Waals surface area contributed by atoms with Crippen molar-refractivity contribution in [2.24, 2.45) is 0 Å². The zero-order valence-corrected chi connectivity index (χ0v) is 19.9. The van der Waals surface area contributed by atoms with Gasteiger partial charge in [0.15, 0.2) is 0 Å². The van der Waals surface area contributed by atoms with Gasteiger partial charge in [0.05, 0.1) is 43.8 Å². The number of benzene rings is 3. The van der Waals surface area contributed by atoms with E-state index in [1.165, 1.54) is 0 Å². The molecule has 6 rings (SSSR count). The summed E-state index contributed by atoms with van der Waals surface area (Å²) < 4.78 is 16.9. The second kappa shape index (κ2) is 8.88. The molecule has 3 heterocycles. The number of rotatable bonds is 5. The molecule has 2 aromatic heterocycles. The van der Waals surface area contributed by atoms with E-state index in [1.807, 2.05) is 54.7 Å². The molecule has 1 atom stereocenters. The third-order valence-electron chi connectivity index (χ3n) is 6.55. The van der Waals surface area contributed by atoms with E-state index in [1.54, 1.807) is 20.4 Å². The molecular formula is C28H24N4O4. The molecule has 180 valence electrons. The Labute approximate surface area is 207 Å². The summed E-state index contributed by atoms with van der Waals surface area (Å²) in [5.74, 6) is 2.69. The maximum absolute atomic E-state index is 11.1. The summed E-state index contributed by atoms with van der Waals surface area (Å²) in [5.41, 5.74) is 5.26. The average Bonchev–Trinajstić information content (AvgIpc) is 3.47. The molecule has 0 bridgehead atoms. The van der Waals surface area contributed by atoms with E-state index < -0.39 is 0 Å². The zero-order chi connectivity index (χ0) is 24.6. The molecule has 3 aromatic carbocycles. The average molecular weight is 481 g/mol. The van der Waals surface area contributed by atoms with Gasteiger partial charge in [0.2, 0.25) is 5.88 Å². The van der Waals surface area contributed by atoms with E-state index >= 15 is 0 Å². The van der Waals surface area contributed by atoms with Crippen LogP contribution in [0.2, 0.25) is 0 Å². The van der Waals surface area contributed by atoms with Gasteiger partial charge in [-0.15, -0.1) is 0 Å². The topological polar surface area (TPSA) is 102 Å². The monoisotopic (exact) mass is 480 g/mol. The van der Waals surface area contributed by atoms with E-state index in [-0.39, 0.29) is 11.8 Å². The maximum Gasteiger partial charge on any atom is 0.222 e. The lowest BCUT2D eigenvalue weighted by Crippen LogP contribution is -2.21. The van der Waals surface area contributed by atoms with Crippen LogP contribution in [0.1, 0.15) is 17.3 Å². The van der Waals surface area contributed by atoms with Gasteiger partial charge in [0.1, 0.15) is 23.1 Å². The SMILES string of the molecule is COc1cccc(-c2cc(-c3cn[nH]c3)cc3c(O)nc(C4COc5ccc(OC)cc5C4)nc23)c1. The first-order chi connectivity index (χ1) is 17.6. The summed E-state index contributed by atoms with van der Waals surface area (Å²) in [6.45, 7) is 0.422. The van der Waals surface area contributed by atoms with Gasteiger partial charge in [0, 0.05) is 17.3 Å². The third kappa shape index (κ3) is 3.86. The van der Waals surface area contributed by atoms with Gasteiger partial charge < -0.3 is 19.3 Å². The highest BCUT2D eigenvalue weighted by Gasteiger charge is 2.26. The minimum atomic E-state index is -0.119. The minimum Gasteiger partial charge on any atom is -0.497 e. The van der Waals surface area contributed by atoms with Crippen molar-refractivity contribution in [2.75, 3.05) is 20.8 Å². The van der Waals surface area contributed by atoms with E-state index in [2.05, 4.69) is 21.2 Å². The minimum absolute atomic E-state index is 0.0686. The first kappa shape index (κ1) is 21.9. The quantitative estimate of drug-likeness (QED) is 0.360. The molecule has 0 saturated heterocycles. The molecule has 0 spiro atoms. The Kier molecular flexibility index (Phi) is 5.41. The van der Waals surface area contributed by atoms with Crippen LogP contribution in [0, 0.1) is 0 Å². The van der Waals surface area contributed by atoms with Gasteiger partial charge in [-0.05, 0) is 65.6 Å². The van der Waals surface area contributed by atoms with Gasteiger partial charge in [0.25, 0.3) is 0 Å². The van der Waals surface area contributed by atoms with E-state index in [0.717, 1.165) is 45.1 Å². The number of aromatic nitrogens is 4. The first-order valence-electron chi connectivity index (χ1n) is 11.6. The van der Waals surface area contributed by atoms with Crippen LogP contribution in [-0.4, -0.2) is 46.1 Å². The standard InChI is InChI=1S/C28H24N4O4/c1-34-21-5-3-4-16(9-21)23-11-17(20-13-29-30-14-20)12-24-26(23)31-27(32-28(24)33)19-8-18-10-22(35-2)6-7-25(18)36-15-19/h3-7,9-14,19H,8,15H2,1-2H3,(H,29,30)(H,31,32,33). The van der Waals surface area contributed by atoms with Crippen LogP contribution >= 0.6 is 0 Å². The Balaban J connectivity index is 1.51. The van der Waals surface area contributed by atoms with E-state index in [9.17, 15) is 5.11 Å². The fraction of sp³-hybridized carbons (Fsp3) is 0.179. The Bertz CT molecular complexity index is 1570. The van der Waals surface area contributed by atoms with Crippen molar-refractivity contribution < 1.29 is 19.3 Å². The Morgan fingerprint density at radius 3 is 2.61 bits per heavy atom. The van der Waals surface area contributed by atoms with E-state index in [0.29, 0.717) is 29.8 Å². The molecule has 1 aliphatic heterocycles. The summed E-state index contributed by atoms with van der Waals surface area (Å²) >= 11 is 0. The maximum atomic E-state index is 11.1. The highest BCUT2D eigenvalue weighted by atomic mass is 16.5. The number of hydrogen-bond donors (Lipinski definition) is 2. The molecule has 36 heavy (non-hydrogen) atoms. The summed E-state index contributed by atoms with van der Waals surface area (Å²) in [7, 11) is 3.28. The second-order valence-corrected chi connectivity index (χ2v) is 8.73. The molecular weight excluding hydrogens is 456 g/mol. The van der Waals surface area contributed by atoms with Crippen LogP contribution in [0.5, 0.6) is 23.1 Å². The number of aromatic hydroxyl groups is 1. The molecule has 0 fully saturated rings. The van der Waals surface area contributed by atoms with Crippen molar-refractivity contribution in [3.63, 3.8) is 0 Å². The van der Waals surface area contributed by atoms with Crippen molar-refractivity contribution >= 4 is 10.9 Å². The Hall–Kier alpha value is -4.59. The largest absolute Gasteiger partial charge is 0.497 e. The Morgan fingerprint density at radius 2 is 1.81 bits per heavy atom. The molecule has 0 aliphatic carbocycles. The second-order valence-electron chi connectivity index (χ2n) is 8.73. The number of ether oxygens (including phenoxy) is 3. The molecule has 1 unspecified atom stereocenters. The van der Waals surface area contributed by atoms with Crippen LogP contribution < -0.4 is 14.2 Å². The fourth-order valence-electron chi connectivity index (χ4n) is 4.67.